The van der Waals surface area contributed by atoms with Crippen LogP contribution in [0.25, 0.3) is 22.5 Å². The van der Waals surface area contributed by atoms with Gasteiger partial charge in [-0.3, -0.25) is 4.79 Å². The molecule has 4 heteroatoms. The molecular formula is C21H20O4. The summed E-state index contributed by atoms with van der Waals surface area (Å²) in [5.74, 6) is 2.80. The zero-order valence-electron chi connectivity index (χ0n) is 14.8. The van der Waals surface area contributed by atoms with Crippen LogP contribution in [0.2, 0.25) is 0 Å². The molecule has 0 bridgehead atoms. The average molecular weight is 336 g/mol. The largest absolute Gasteiger partial charge is 0.497 e. The highest BCUT2D eigenvalue weighted by Gasteiger charge is 2.23. The number of methoxy groups -OCH3 is 2. The highest BCUT2D eigenvalue weighted by Crippen LogP contribution is 2.40. The van der Waals surface area contributed by atoms with Crippen LogP contribution in [0.1, 0.15) is 23.0 Å². The maximum absolute atomic E-state index is 12.2. The first kappa shape index (κ1) is 16.8. The number of benzene rings is 2. The van der Waals surface area contributed by atoms with Crippen molar-refractivity contribution >= 4 is 5.78 Å². The molecule has 3 aromatic rings. The molecule has 2 aromatic carbocycles. The molecule has 0 fully saturated rings. The summed E-state index contributed by atoms with van der Waals surface area (Å²) in [5, 5.41) is 0. The Bertz CT molecular complexity index is 887. The van der Waals surface area contributed by atoms with Crippen molar-refractivity contribution in [3.8, 4) is 33.9 Å². The van der Waals surface area contributed by atoms with Gasteiger partial charge in [0.25, 0.3) is 0 Å². The third-order valence-corrected chi connectivity index (χ3v) is 4.17. The van der Waals surface area contributed by atoms with E-state index in [0.29, 0.717) is 17.1 Å². The lowest BCUT2D eigenvalue weighted by Gasteiger charge is -2.07. The number of hydrogen-bond acceptors (Lipinski definition) is 4. The summed E-state index contributed by atoms with van der Waals surface area (Å²) in [5.41, 5.74) is 3.21. The van der Waals surface area contributed by atoms with Crippen molar-refractivity contribution in [3.63, 3.8) is 0 Å². The second kappa shape index (κ2) is 6.85. The number of hydrogen-bond donors (Lipinski definition) is 0. The predicted molar refractivity (Wildman–Crippen MR) is 97.4 cm³/mol. The number of carbonyl (C=O) groups excluding carboxylic acids is 1. The van der Waals surface area contributed by atoms with Crippen LogP contribution < -0.4 is 9.47 Å². The van der Waals surface area contributed by atoms with Gasteiger partial charge in [0.2, 0.25) is 0 Å². The topological polar surface area (TPSA) is 48.7 Å². The minimum atomic E-state index is -0.0215. The number of Topliss-reactive ketones (excluding diaryl/α,β-unsaturated/α-hetero) is 1. The van der Waals surface area contributed by atoms with Gasteiger partial charge in [-0.2, -0.15) is 0 Å². The molecule has 3 rings (SSSR count). The van der Waals surface area contributed by atoms with Crippen molar-refractivity contribution in [1.29, 1.82) is 0 Å². The van der Waals surface area contributed by atoms with Gasteiger partial charge >= 0.3 is 0 Å². The van der Waals surface area contributed by atoms with Gasteiger partial charge in [0.05, 0.1) is 19.8 Å². The van der Waals surface area contributed by atoms with E-state index in [4.69, 9.17) is 13.9 Å². The number of aryl methyl sites for hydroxylation is 1. The van der Waals surface area contributed by atoms with Gasteiger partial charge in [0.1, 0.15) is 23.0 Å². The first-order valence-corrected chi connectivity index (χ1v) is 7.98. The number of carbonyl (C=O) groups is 1. The standard InChI is InChI=1S/C21H20O4/c1-13(22)19-14(2)25-21(16-7-11-18(24-4)12-8-16)20(19)15-5-9-17(23-3)10-6-15/h5-12H,1-4H3. The van der Waals surface area contributed by atoms with Crippen LogP contribution in [0.5, 0.6) is 11.5 Å². The first-order valence-electron chi connectivity index (χ1n) is 7.98. The van der Waals surface area contributed by atoms with Gasteiger partial charge in [0, 0.05) is 11.1 Å². The molecule has 0 atom stereocenters. The summed E-state index contributed by atoms with van der Waals surface area (Å²) in [6, 6.07) is 15.2. The Hall–Kier alpha value is -3.01. The van der Waals surface area contributed by atoms with Crippen LogP contribution in [-0.2, 0) is 0 Å². The zero-order valence-corrected chi connectivity index (χ0v) is 14.8. The Kier molecular flexibility index (Phi) is 4.61. The summed E-state index contributed by atoms with van der Waals surface area (Å²) >= 11 is 0. The van der Waals surface area contributed by atoms with E-state index in [9.17, 15) is 4.79 Å². The van der Waals surface area contributed by atoms with Gasteiger partial charge in [-0.25, -0.2) is 0 Å². The number of rotatable bonds is 5. The lowest BCUT2D eigenvalue weighted by Crippen LogP contribution is -1.96. The third-order valence-electron chi connectivity index (χ3n) is 4.17. The van der Waals surface area contributed by atoms with Crippen molar-refractivity contribution in [2.24, 2.45) is 0 Å². The summed E-state index contributed by atoms with van der Waals surface area (Å²) in [7, 11) is 3.25. The van der Waals surface area contributed by atoms with Crippen LogP contribution in [0.15, 0.2) is 52.9 Å². The van der Waals surface area contributed by atoms with Crippen molar-refractivity contribution < 1.29 is 18.7 Å². The Morgan fingerprint density at radius 3 is 1.76 bits per heavy atom. The Morgan fingerprint density at radius 1 is 0.840 bits per heavy atom. The number of ketones is 1. The van der Waals surface area contributed by atoms with E-state index in [1.807, 2.05) is 55.5 Å². The van der Waals surface area contributed by atoms with Crippen LogP contribution >= 0.6 is 0 Å². The molecule has 1 heterocycles. The van der Waals surface area contributed by atoms with Gasteiger partial charge in [0.15, 0.2) is 5.78 Å². The normalized spacial score (nSPS) is 10.6. The van der Waals surface area contributed by atoms with Crippen LogP contribution in [0.3, 0.4) is 0 Å². The van der Waals surface area contributed by atoms with Gasteiger partial charge in [-0.05, 0) is 55.8 Å². The SMILES string of the molecule is COc1ccc(-c2oc(C)c(C(C)=O)c2-c2ccc(OC)cc2)cc1. The number of furan rings is 1. The molecule has 25 heavy (non-hydrogen) atoms. The molecule has 0 N–H and O–H groups in total. The molecule has 4 nitrogen and oxygen atoms in total. The Balaban J connectivity index is 2.20. The zero-order chi connectivity index (χ0) is 18.0. The van der Waals surface area contributed by atoms with Crippen molar-refractivity contribution in [3.05, 3.63) is 59.9 Å². The van der Waals surface area contributed by atoms with Crippen molar-refractivity contribution in [1.82, 2.24) is 0 Å². The lowest BCUT2D eigenvalue weighted by atomic mass is 9.95. The van der Waals surface area contributed by atoms with E-state index in [0.717, 1.165) is 28.2 Å². The molecule has 1 aromatic heterocycles. The predicted octanol–water partition coefficient (Wildman–Crippen LogP) is 5.14. The minimum absolute atomic E-state index is 0.0215. The van der Waals surface area contributed by atoms with Gasteiger partial charge < -0.3 is 13.9 Å². The fourth-order valence-electron chi connectivity index (χ4n) is 2.95. The molecule has 0 aliphatic heterocycles. The third kappa shape index (κ3) is 3.15. The second-order valence-electron chi connectivity index (χ2n) is 5.75. The van der Waals surface area contributed by atoms with Crippen LogP contribution in [0, 0.1) is 6.92 Å². The molecule has 128 valence electrons. The van der Waals surface area contributed by atoms with E-state index < -0.39 is 0 Å². The maximum Gasteiger partial charge on any atom is 0.163 e. The van der Waals surface area contributed by atoms with E-state index in [-0.39, 0.29) is 5.78 Å². The van der Waals surface area contributed by atoms with E-state index in [2.05, 4.69) is 0 Å². The molecule has 0 radical (unpaired) electrons. The van der Waals surface area contributed by atoms with E-state index >= 15 is 0 Å². The second-order valence-corrected chi connectivity index (χ2v) is 5.75. The summed E-state index contributed by atoms with van der Waals surface area (Å²) in [6.07, 6.45) is 0. The quantitative estimate of drug-likeness (QED) is 0.605. The van der Waals surface area contributed by atoms with Gasteiger partial charge in [-0.15, -0.1) is 0 Å². The van der Waals surface area contributed by atoms with Gasteiger partial charge in [-0.1, -0.05) is 12.1 Å². The molecule has 0 saturated carbocycles. The molecule has 0 saturated heterocycles. The minimum Gasteiger partial charge on any atom is -0.497 e. The lowest BCUT2D eigenvalue weighted by molar-refractivity contribution is 0.101. The van der Waals surface area contributed by atoms with Crippen molar-refractivity contribution in [2.45, 2.75) is 13.8 Å². The molecular weight excluding hydrogens is 316 g/mol. The monoisotopic (exact) mass is 336 g/mol. The van der Waals surface area contributed by atoms with E-state index in [1.165, 1.54) is 0 Å². The average Bonchev–Trinajstić information content (AvgIpc) is 2.99. The van der Waals surface area contributed by atoms with Crippen molar-refractivity contribution in [2.75, 3.05) is 14.2 Å². The fraction of sp³-hybridized carbons (Fsp3) is 0.190. The summed E-state index contributed by atoms with van der Waals surface area (Å²) in [4.78, 5) is 12.2. The highest BCUT2D eigenvalue weighted by atomic mass is 16.5. The summed E-state index contributed by atoms with van der Waals surface area (Å²) < 4.78 is 16.4. The molecule has 0 amide bonds. The van der Waals surface area contributed by atoms with Crippen LogP contribution in [-0.4, -0.2) is 20.0 Å². The Morgan fingerprint density at radius 2 is 1.32 bits per heavy atom. The maximum atomic E-state index is 12.2. The molecule has 0 spiro atoms. The van der Waals surface area contributed by atoms with Crippen LogP contribution in [0.4, 0.5) is 0 Å². The molecule has 0 aliphatic rings. The Labute approximate surface area is 147 Å². The highest BCUT2D eigenvalue weighted by molar-refractivity contribution is 6.05. The van der Waals surface area contributed by atoms with E-state index in [1.54, 1.807) is 21.1 Å². The smallest absolute Gasteiger partial charge is 0.163 e. The fourth-order valence-corrected chi connectivity index (χ4v) is 2.95. The molecule has 0 unspecified atom stereocenters. The number of ether oxygens (including phenoxy) is 2. The summed E-state index contributed by atoms with van der Waals surface area (Å²) in [6.45, 7) is 3.37. The molecule has 0 aliphatic carbocycles. The first-order chi connectivity index (χ1) is 12.0.